The van der Waals surface area contributed by atoms with Crippen molar-refractivity contribution in [3.8, 4) is 0 Å². The fraction of sp³-hybridized carbons (Fsp3) is 0.222. The number of carbonyl (C=O) groups is 1. The summed E-state index contributed by atoms with van der Waals surface area (Å²) in [5, 5.41) is -0.812. The molecule has 0 saturated carbocycles. The minimum absolute atomic E-state index is 0.217. The molecule has 1 atom stereocenters. The smallest absolute Gasteiger partial charge is 0.235 e. The second kappa shape index (κ2) is 4.75. The van der Waals surface area contributed by atoms with Crippen molar-refractivity contribution in [1.82, 2.24) is 0 Å². The maximum absolute atomic E-state index is 12.8. The molecule has 0 aliphatic heterocycles. The van der Waals surface area contributed by atoms with Gasteiger partial charge in [-0.05, 0) is 30.2 Å². The van der Waals surface area contributed by atoms with Gasteiger partial charge in [0, 0.05) is 4.47 Å². The van der Waals surface area contributed by atoms with Crippen molar-refractivity contribution in [1.29, 1.82) is 0 Å². The van der Waals surface area contributed by atoms with E-state index in [4.69, 9.17) is 17.3 Å². The molecule has 5 heteroatoms. The molecular formula is C9H8BrClFNO. The van der Waals surface area contributed by atoms with Crippen molar-refractivity contribution >= 4 is 33.4 Å². The summed E-state index contributed by atoms with van der Waals surface area (Å²) in [4.78, 5) is 10.7. The highest BCUT2D eigenvalue weighted by Crippen LogP contribution is 2.20. The van der Waals surface area contributed by atoms with Gasteiger partial charge in [0.25, 0.3) is 0 Å². The number of benzene rings is 1. The molecule has 0 bridgehead atoms. The molecule has 0 heterocycles. The molecule has 1 unspecified atom stereocenters. The first-order valence-electron chi connectivity index (χ1n) is 3.88. The molecule has 0 saturated heterocycles. The van der Waals surface area contributed by atoms with Gasteiger partial charge in [-0.3, -0.25) is 4.79 Å². The molecule has 0 radical (unpaired) electrons. The predicted octanol–water partition coefficient (Wildman–Crippen LogP) is 2.22. The van der Waals surface area contributed by atoms with Gasteiger partial charge < -0.3 is 5.73 Å². The number of nitrogens with two attached hydrogens (primary N) is 1. The van der Waals surface area contributed by atoms with Crippen LogP contribution >= 0.6 is 27.5 Å². The summed E-state index contributed by atoms with van der Waals surface area (Å²) in [6.07, 6.45) is 0.217. The standard InChI is InChI=1S/C9H8BrClFNO/c10-7-2-1-6(12)3-5(7)4-8(11)9(13)14/h1-3,8H,4H2,(H2,13,14). The molecule has 0 aliphatic carbocycles. The maximum Gasteiger partial charge on any atom is 0.235 e. The largest absolute Gasteiger partial charge is 0.368 e. The molecule has 1 aromatic carbocycles. The Bertz CT molecular complexity index is 359. The highest BCUT2D eigenvalue weighted by Gasteiger charge is 2.14. The van der Waals surface area contributed by atoms with Gasteiger partial charge in [0.05, 0.1) is 0 Å². The lowest BCUT2D eigenvalue weighted by molar-refractivity contribution is -0.117. The number of primary amides is 1. The van der Waals surface area contributed by atoms with Gasteiger partial charge in [0.2, 0.25) is 5.91 Å². The molecular weight excluding hydrogens is 272 g/mol. The van der Waals surface area contributed by atoms with E-state index >= 15 is 0 Å². The third-order valence-corrected chi connectivity index (χ3v) is 2.86. The van der Waals surface area contributed by atoms with E-state index in [1.807, 2.05) is 0 Å². The lowest BCUT2D eigenvalue weighted by Crippen LogP contribution is -2.25. The van der Waals surface area contributed by atoms with E-state index in [0.29, 0.717) is 10.0 Å². The summed E-state index contributed by atoms with van der Waals surface area (Å²) in [5.74, 6) is -0.973. The van der Waals surface area contributed by atoms with Crippen LogP contribution in [-0.4, -0.2) is 11.3 Å². The molecule has 2 N–H and O–H groups in total. The van der Waals surface area contributed by atoms with Gasteiger partial charge in [0.15, 0.2) is 0 Å². The lowest BCUT2D eigenvalue weighted by atomic mass is 10.1. The van der Waals surface area contributed by atoms with E-state index in [-0.39, 0.29) is 12.2 Å². The lowest BCUT2D eigenvalue weighted by Gasteiger charge is -2.07. The molecule has 0 aliphatic rings. The Morgan fingerprint density at radius 1 is 1.64 bits per heavy atom. The van der Waals surface area contributed by atoms with E-state index in [2.05, 4.69) is 15.9 Å². The van der Waals surface area contributed by atoms with Crippen molar-refractivity contribution in [3.05, 3.63) is 34.1 Å². The van der Waals surface area contributed by atoms with E-state index in [1.165, 1.54) is 12.1 Å². The van der Waals surface area contributed by atoms with Crippen molar-refractivity contribution in [2.24, 2.45) is 5.73 Å². The summed E-state index contributed by atoms with van der Waals surface area (Å²) in [7, 11) is 0. The Morgan fingerprint density at radius 3 is 2.86 bits per heavy atom. The van der Waals surface area contributed by atoms with Crippen LogP contribution in [0.25, 0.3) is 0 Å². The van der Waals surface area contributed by atoms with E-state index in [9.17, 15) is 9.18 Å². The molecule has 0 fully saturated rings. The number of amides is 1. The zero-order chi connectivity index (χ0) is 10.7. The SMILES string of the molecule is NC(=O)C(Cl)Cc1cc(F)ccc1Br. The molecule has 2 nitrogen and oxygen atoms in total. The van der Waals surface area contributed by atoms with E-state index in [1.54, 1.807) is 6.07 Å². The van der Waals surface area contributed by atoms with Crippen LogP contribution in [0, 0.1) is 5.82 Å². The van der Waals surface area contributed by atoms with Crippen molar-refractivity contribution in [2.75, 3.05) is 0 Å². The molecule has 14 heavy (non-hydrogen) atoms. The first kappa shape index (κ1) is 11.5. The van der Waals surface area contributed by atoms with Crippen LogP contribution in [0.2, 0.25) is 0 Å². The minimum Gasteiger partial charge on any atom is -0.368 e. The van der Waals surface area contributed by atoms with Gasteiger partial charge in [-0.15, -0.1) is 11.6 Å². The van der Waals surface area contributed by atoms with Gasteiger partial charge >= 0.3 is 0 Å². The topological polar surface area (TPSA) is 43.1 Å². The highest BCUT2D eigenvalue weighted by molar-refractivity contribution is 9.10. The number of hydrogen-bond acceptors (Lipinski definition) is 1. The number of alkyl halides is 1. The average Bonchev–Trinajstić information content (AvgIpc) is 2.11. The number of halogens is 3. The van der Waals surface area contributed by atoms with Crippen LogP contribution in [0.3, 0.4) is 0 Å². The second-order valence-corrected chi connectivity index (χ2v) is 4.19. The number of hydrogen-bond donors (Lipinski definition) is 1. The van der Waals surface area contributed by atoms with Crippen molar-refractivity contribution in [3.63, 3.8) is 0 Å². The summed E-state index contributed by atoms with van der Waals surface area (Å²) in [6.45, 7) is 0. The van der Waals surface area contributed by atoms with Crippen molar-refractivity contribution < 1.29 is 9.18 Å². The maximum atomic E-state index is 12.8. The average molecular weight is 281 g/mol. The van der Waals surface area contributed by atoms with Gasteiger partial charge in [-0.1, -0.05) is 15.9 Å². The molecule has 1 rings (SSSR count). The third kappa shape index (κ3) is 2.96. The van der Waals surface area contributed by atoms with Gasteiger partial charge in [0.1, 0.15) is 11.2 Å². The normalized spacial score (nSPS) is 12.5. The molecule has 1 aromatic rings. The van der Waals surface area contributed by atoms with Crippen LogP contribution in [-0.2, 0) is 11.2 Å². The zero-order valence-corrected chi connectivity index (χ0v) is 9.48. The third-order valence-electron chi connectivity index (χ3n) is 1.72. The Hall–Kier alpha value is -0.610. The zero-order valence-electron chi connectivity index (χ0n) is 7.14. The van der Waals surface area contributed by atoms with Crippen LogP contribution in [0.1, 0.15) is 5.56 Å². The Morgan fingerprint density at radius 2 is 2.29 bits per heavy atom. The minimum atomic E-state index is -0.812. The number of carbonyl (C=O) groups excluding carboxylic acids is 1. The van der Waals surface area contributed by atoms with Gasteiger partial charge in [-0.2, -0.15) is 0 Å². The van der Waals surface area contributed by atoms with Crippen molar-refractivity contribution in [2.45, 2.75) is 11.8 Å². The first-order valence-corrected chi connectivity index (χ1v) is 5.11. The predicted molar refractivity (Wildman–Crippen MR) is 56.6 cm³/mol. The fourth-order valence-corrected chi connectivity index (χ4v) is 1.57. The summed E-state index contributed by atoms with van der Waals surface area (Å²) in [6, 6.07) is 4.21. The monoisotopic (exact) mass is 279 g/mol. The van der Waals surface area contributed by atoms with Gasteiger partial charge in [-0.25, -0.2) is 4.39 Å². The highest BCUT2D eigenvalue weighted by atomic mass is 79.9. The quantitative estimate of drug-likeness (QED) is 0.848. The first-order chi connectivity index (χ1) is 6.50. The summed E-state index contributed by atoms with van der Waals surface area (Å²) in [5.41, 5.74) is 5.62. The molecule has 0 aromatic heterocycles. The Labute approximate surface area is 94.4 Å². The van der Waals surface area contributed by atoms with E-state index < -0.39 is 11.3 Å². The van der Waals surface area contributed by atoms with Crippen LogP contribution in [0.5, 0.6) is 0 Å². The van der Waals surface area contributed by atoms with E-state index in [0.717, 1.165) is 0 Å². The molecule has 76 valence electrons. The summed E-state index contributed by atoms with van der Waals surface area (Å²) >= 11 is 8.89. The Balaban J connectivity index is 2.85. The second-order valence-electron chi connectivity index (χ2n) is 2.81. The fourth-order valence-electron chi connectivity index (χ4n) is 0.993. The van der Waals surface area contributed by atoms with Crippen LogP contribution in [0.4, 0.5) is 4.39 Å². The Kier molecular flexibility index (Phi) is 3.89. The van der Waals surface area contributed by atoms with Crippen LogP contribution in [0.15, 0.2) is 22.7 Å². The van der Waals surface area contributed by atoms with Crippen LogP contribution < -0.4 is 5.73 Å². The number of rotatable bonds is 3. The molecule has 1 amide bonds. The summed E-state index contributed by atoms with van der Waals surface area (Å²) < 4.78 is 13.5. The molecule has 0 spiro atoms.